The molecule has 32 heavy (non-hydrogen) atoms. The summed E-state index contributed by atoms with van der Waals surface area (Å²) in [5, 5.41) is 1.75. The van der Waals surface area contributed by atoms with Crippen LogP contribution in [0.25, 0.3) is 10.2 Å². The third-order valence-corrected chi connectivity index (χ3v) is 6.70. The molecule has 4 rings (SSSR count). The van der Waals surface area contributed by atoms with Crippen LogP contribution in [0.1, 0.15) is 25.1 Å². The van der Waals surface area contributed by atoms with Crippen molar-refractivity contribution in [1.29, 1.82) is 0 Å². The van der Waals surface area contributed by atoms with Gasteiger partial charge in [-0.2, -0.15) is 0 Å². The van der Waals surface area contributed by atoms with Crippen molar-refractivity contribution >= 4 is 55.8 Å². The van der Waals surface area contributed by atoms with Crippen molar-refractivity contribution in [3.05, 3.63) is 82.1 Å². The molecule has 0 aliphatic rings. The van der Waals surface area contributed by atoms with Crippen LogP contribution in [0.2, 0.25) is 10.0 Å². The third-order valence-electron chi connectivity index (χ3n) is 4.91. The van der Waals surface area contributed by atoms with Crippen molar-refractivity contribution in [2.75, 3.05) is 4.90 Å². The molecule has 0 saturated heterocycles. The lowest BCUT2D eigenvalue weighted by Gasteiger charge is -2.31. The van der Waals surface area contributed by atoms with Gasteiger partial charge in [-0.15, -0.1) is 0 Å². The van der Waals surface area contributed by atoms with Gasteiger partial charge in [0.15, 0.2) is 10.7 Å². The molecule has 4 aromatic rings. The van der Waals surface area contributed by atoms with E-state index in [2.05, 4.69) is 4.98 Å². The molecule has 0 saturated carbocycles. The smallest absolute Gasteiger partial charge is 0.272 e. The maximum absolute atomic E-state index is 13.8. The lowest BCUT2D eigenvalue weighted by molar-refractivity contribution is -0.131. The Hall–Kier alpha value is -2.67. The molecule has 8 heteroatoms. The lowest BCUT2D eigenvalue weighted by Crippen LogP contribution is -2.49. The Morgan fingerprint density at radius 3 is 2.50 bits per heavy atom. The molecule has 0 atom stereocenters. The minimum atomic E-state index is -1.17. The van der Waals surface area contributed by atoms with Crippen molar-refractivity contribution in [2.24, 2.45) is 0 Å². The van der Waals surface area contributed by atoms with Crippen molar-refractivity contribution in [2.45, 2.75) is 32.9 Å². The van der Waals surface area contributed by atoms with Crippen LogP contribution >= 0.6 is 34.5 Å². The van der Waals surface area contributed by atoms with Gasteiger partial charge in [0.2, 0.25) is 0 Å². The predicted octanol–water partition coefficient (Wildman–Crippen LogP) is 6.70. The molecule has 0 radical (unpaired) electrons. The molecule has 5 nitrogen and oxygen atoms in total. The number of pyridine rings is 1. The lowest BCUT2D eigenvalue weighted by atomic mass is 10.1. The molecule has 0 fully saturated rings. The van der Waals surface area contributed by atoms with E-state index in [0.717, 1.165) is 21.5 Å². The second-order valence-electron chi connectivity index (χ2n) is 7.82. The van der Waals surface area contributed by atoms with Crippen molar-refractivity contribution in [1.82, 2.24) is 9.97 Å². The first-order valence-electron chi connectivity index (χ1n) is 9.97. The van der Waals surface area contributed by atoms with Crippen LogP contribution in [0.4, 0.5) is 5.13 Å². The highest BCUT2D eigenvalue weighted by atomic mass is 35.5. The SMILES string of the molecule is Cc1ccc(Cl)c2sc(N(Cc3ccccn3)C(=O)C(C)(C)Oc3ccc(Cl)cc3)nc12. The molecule has 2 heterocycles. The van der Waals surface area contributed by atoms with Crippen LogP contribution in [0.15, 0.2) is 60.8 Å². The van der Waals surface area contributed by atoms with Crippen LogP contribution in [-0.2, 0) is 11.3 Å². The number of ether oxygens (including phenoxy) is 1. The van der Waals surface area contributed by atoms with Gasteiger partial charge in [0.1, 0.15) is 5.75 Å². The van der Waals surface area contributed by atoms with Gasteiger partial charge in [0.25, 0.3) is 5.91 Å². The number of halogens is 2. The number of carbonyl (C=O) groups excluding carboxylic acids is 1. The number of hydrogen-bond donors (Lipinski definition) is 0. The Labute approximate surface area is 200 Å². The van der Waals surface area contributed by atoms with Gasteiger partial charge >= 0.3 is 0 Å². The molecule has 2 aromatic carbocycles. The molecule has 0 bridgehead atoms. The quantitative estimate of drug-likeness (QED) is 0.305. The van der Waals surface area contributed by atoms with Crippen LogP contribution < -0.4 is 9.64 Å². The van der Waals surface area contributed by atoms with E-state index in [1.165, 1.54) is 11.3 Å². The Morgan fingerprint density at radius 2 is 1.84 bits per heavy atom. The summed E-state index contributed by atoms with van der Waals surface area (Å²) < 4.78 is 6.91. The average Bonchev–Trinajstić information content (AvgIpc) is 3.23. The number of benzene rings is 2. The topological polar surface area (TPSA) is 55.3 Å². The van der Waals surface area contributed by atoms with E-state index in [9.17, 15) is 4.79 Å². The molecule has 0 aliphatic carbocycles. The zero-order valence-corrected chi connectivity index (χ0v) is 20.1. The zero-order chi connectivity index (χ0) is 22.9. The monoisotopic (exact) mass is 485 g/mol. The summed E-state index contributed by atoms with van der Waals surface area (Å²) >= 11 is 13.8. The molecule has 0 spiro atoms. The molecular formula is C24H21Cl2N3O2S. The first kappa shape index (κ1) is 22.5. The average molecular weight is 486 g/mol. The van der Waals surface area contributed by atoms with E-state index < -0.39 is 5.60 Å². The number of hydrogen-bond acceptors (Lipinski definition) is 5. The number of thiazole rings is 1. The Bertz CT molecular complexity index is 1220. The molecule has 0 aliphatic heterocycles. The minimum Gasteiger partial charge on any atom is -0.478 e. The van der Waals surface area contributed by atoms with Crippen LogP contribution in [0, 0.1) is 6.92 Å². The Kier molecular flexibility index (Phi) is 6.38. The van der Waals surface area contributed by atoms with E-state index in [1.54, 1.807) is 49.2 Å². The summed E-state index contributed by atoms with van der Waals surface area (Å²) in [7, 11) is 0. The summed E-state index contributed by atoms with van der Waals surface area (Å²) in [6.07, 6.45) is 1.70. The maximum Gasteiger partial charge on any atom is 0.272 e. The predicted molar refractivity (Wildman–Crippen MR) is 131 cm³/mol. The Morgan fingerprint density at radius 1 is 1.09 bits per heavy atom. The standard InChI is InChI=1S/C24H21Cl2N3O2S/c1-15-7-12-19(26)21-20(15)28-23(32-21)29(14-17-6-4-5-13-27-17)22(30)24(2,3)31-18-10-8-16(25)9-11-18/h4-13H,14H2,1-3H3. The summed E-state index contributed by atoms with van der Waals surface area (Å²) in [5.41, 5.74) is 1.35. The van der Waals surface area contributed by atoms with Gasteiger partial charge in [0.05, 0.1) is 27.5 Å². The first-order chi connectivity index (χ1) is 15.2. The van der Waals surface area contributed by atoms with Gasteiger partial charge in [0, 0.05) is 11.2 Å². The van der Waals surface area contributed by atoms with Gasteiger partial charge < -0.3 is 4.74 Å². The fourth-order valence-electron chi connectivity index (χ4n) is 3.25. The van der Waals surface area contributed by atoms with Gasteiger partial charge in [-0.25, -0.2) is 4.98 Å². The molecule has 0 N–H and O–H groups in total. The number of amides is 1. The number of rotatable bonds is 6. The van der Waals surface area contributed by atoms with Crippen molar-refractivity contribution < 1.29 is 9.53 Å². The van der Waals surface area contributed by atoms with E-state index in [1.807, 2.05) is 37.3 Å². The molecule has 164 valence electrons. The second-order valence-corrected chi connectivity index (χ2v) is 9.64. The largest absolute Gasteiger partial charge is 0.478 e. The number of fused-ring (bicyclic) bond motifs is 1. The normalized spacial score (nSPS) is 11.5. The summed E-state index contributed by atoms with van der Waals surface area (Å²) in [6.45, 7) is 5.70. The molecule has 0 unspecified atom stereocenters. The van der Waals surface area contributed by atoms with Crippen molar-refractivity contribution in [3.63, 3.8) is 0 Å². The minimum absolute atomic E-state index is 0.245. The zero-order valence-electron chi connectivity index (χ0n) is 17.8. The molecular weight excluding hydrogens is 465 g/mol. The number of anilines is 1. The number of aromatic nitrogens is 2. The summed E-state index contributed by atoms with van der Waals surface area (Å²) in [6, 6.07) is 16.3. The van der Waals surface area contributed by atoms with E-state index in [0.29, 0.717) is 20.9 Å². The van der Waals surface area contributed by atoms with Gasteiger partial charge in [-0.1, -0.05) is 46.7 Å². The fourth-order valence-corrected chi connectivity index (χ4v) is 4.69. The van der Waals surface area contributed by atoms with Crippen LogP contribution in [-0.4, -0.2) is 21.5 Å². The fraction of sp³-hybridized carbons (Fsp3) is 0.208. The highest BCUT2D eigenvalue weighted by Crippen LogP contribution is 2.37. The van der Waals surface area contributed by atoms with E-state index >= 15 is 0 Å². The summed E-state index contributed by atoms with van der Waals surface area (Å²) in [5.74, 6) is 0.305. The highest BCUT2D eigenvalue weighted by molar-refractivity contribution is 7.23. The number of nitrogens with zero attached hydrogens (tertiary/aromatic N) is 3. The number of carbonyl (C=O) groups is 1. The van der Waals surface area contributed by atoms with Gasteiger partial charge in [-0.3, -0.25) is 14.7 Å². The third kappa shape index (κ3) is 4.72. The maximum atomic E-state index is 13.8. The van der Waals surface area contributed by atoms with Gasteiger partial charge in [-0.05, 0) is 68.8 Å². The Balaban J connectivity index is 1.73. The van der Waals surface area contributed by atoms with Crippen LogP contribution in [0.3, 0.4) is 0 Å². The van der Waals surface area contributed by atoms with Crippen molar-refractivity contribution in [3.8, 4) is 5.75 Å². The molecule has 2 aromatic heterocycles. The van der Waals surface area contributed by atoms with E-state index in [4.69, 9.17) is 32.9 Å². The number of aryl methyl sites for hydroxylation is 1. The summed E-state index contributed by atoms with van der Waals surface area (Å²) in [4.78, 5) is 24.5. The van der Waals surface area contributed by atoms with Crippen LogP contribution in [0.5, 0.6) is 5.75 Å². The van der Waals surface area contributed by atoms with E-state index in [-0.39, 0.29) is 12.5 Å². The molecule has 1 amide bonds. The second kappa shape index (κ2) is 9.06. The first-order valence-corrected chi connectivity index (χ1v) is 11.5. The highest BCUT2D eigenvalue weighted by Gasteiger charge is 2.37.